The predicted molar refractivity (Wildman–Crippen MR) is 113 cm³/mol. The summed E-state index contributed by atoms with van der Waals surface area (Å²) in [7, 11) is 0. The molecular weight excluding hydrogens is 388 g/mol. The van der Waals surface area contributed by atoms with Crippen molar-refractivity contribution in [1.82, 2.24) is 9.80 Å². The normalized spacial score (nSPS) is 18.9. The molecule has 0 aliphatic carbocycles. The van der Waals surface area contributed by atoms with Crippen LogP contribution in [0.15, 0.2) is 48.5 Å². The van der Waals surface area contributed by atoms with Gasteiger partial charge >= 0.3 is 0 Å². The van der Waals surface area contributed by atoms with E-state index >= 15 is 0 Å². The maximum absolute atomic E-state index is 12.8. The fraction of sp³-hybridized carbons (Fsp3) is 0.391. The third kappa shape index (κ3) is 4.56. The Bertz CT molecular complexity index is 861. The second-order valence-corrected chi connectivity index (χ2v) is 8.07. The fourth-order valence-electron chi connectivity index (χ4n) is 4.02. The lowest BCUT2D eigenvalue weighted by Gasteiger charge is -2.25. The molecule has 2 aliphatic heterocycles. The summed E-state index contributed by atoms with van der Waals surface area (Å²) in [4.78, 5) is 29.0. The van der Waals surface area contributed by atoms with Gasteiger partial charge in [-0.3, -0.25) is 9.59 Å². The molecule has 1 unspecified atom stereocenters. The van der Waals surface area contributed by atoms with Crippen molar-refractivity contribution >= 4 is 23.4 Å². The molecule has 2 fully saturated rings. The molecule has 2 heterocycles. The van der Waals surface area contributed by atoms with E-state index in [-0.39, 0.29) is 17.9 Å². The Labute approximate surface area is 176 Å². The van der Waals surface area contributed by atoms with Crippen molar-refractivity contribution in [1.29, 1.82) is 0 Å². The van der Waals surface area contributed by atoms with Gasteiger partial charge in [0.25, 0.3) is 11.8 Å². The summed E-state index contributed by atoms with van der Waals surface area (Å²) in [6.45, 7) is 2.87. The number of amides is 2. The highest BCUT2D eigenvalue weighted by Gasteiger charge is 2.30. The fourth-order valence-corrected chi connectivity index (χ4v) is 4.15. The number of nitrogens with zero attached hydrogens (tertiary/aromatic N) is 2. The quantitative estimate of drug-likeness (QED) is 0.737. The van der Waals surface area contributed by atoms with Crippen molar-refractivity contribution in [3.63, 3.8) is 0 Å². The van der Waals surface area contributed by atoms with Crippen molar-refractivity contribution < 1.29 is 14.3 Å². The molecular formula is C23H25ClN2O3. The Kier molecular flexibility index (Phi) is 6.05. The first-order valence-corrected chi connectivity index (χ1v) is 10.6. The standard InChI is InChI=1S/C23H25ClN2O3/c24-19-9-5-18(6-10-19)23(28)26-15-3-4-20(26)16-29-21-11-7-17(8-12-21)22(27)25-13-1-2-14-25/h5-12,20H,1-4,13-16H2. The molecule has 0 saturated carbocycles. The van der Waals surface area contributed by atoms with Crippen molar-refractivity contribution in [2.24, 2.45) is 0 Å². The van der Waals surface area contributed by atoms with Crippen molar-refractivity contribution in [2.75, 3.05) is 26.2 Å². The highest BCUT2D eigenvalue weighted by molar-refractivity contribution is 6.30. The number of hydrogen-bond acceptors (Lipinski definition) is 3. The van der Waals surface area contributed by atoms with E-state index in [1.165, 1.54) is 0 Å². The Morgan fingerprint density at radius 1 is 0.862 bits per heavy atom. The Hall–Kier alpha value is -2.53. The van der Waals surface area contributed by atoms with Crippen LogP contribution in [0.25, 0.3) is 0 Å². The molecule has 2 aromatic rings. The molecule has 29 heavy (non-hydrogen) atoms. The van der Waals surface area contributed by atoms with Crippen LogP contribution in [-0.4, -0.2) is 53.9 Å². The smallest absolute Gasteiger partial charge is 0.254 e. The number of carbonyl (C=O) groups is 2. The zero-order valence-corrected chi connectivity index (χ0v) is 17.1. The first-order chi connectivity index (χ1) is 14.1. The average Bonchev–Trinajstić information content (AvgIpc) is 3.44. The van der Waals surface area contributed by atoms with E-state index in [0.29, 0.717) is 28.5 Å². The van der Waals surface area contributed by atoms with E-state index in [9.17, 15) is 9.59 Å². The number of benzene rings is 2. The predicted octanol–water partition coefficient (Wildman–Crippen LogP) is 4.26. The maximum atomic E-state index is 12.8. The molecule has 0 aromatic heterocycles. The Morgan fingerprint density at radius 2 is 1.48 bits per heavy atom. The van der Waals surface area contributed by atoms with Gasteiger partial charge in [0.05, 0.1) is 6.04 Å². The van der Waals surface area contributed by atoms with E-state index in [1.807, 2.05) is 34.1 Å². The molecule has 5 nitrogen and oxygen atoms in total. The highest BCUT2D eigenvalue weighted by Crippen LogP contribution is 2.23. The van der Waals surface area contributed by atoms with Crippen molar-refractivity contribution in [3.05, 3.63) is 64.7 Å². The minimum absolute atomic E-state index is 0.0133. The molecule has 0 N–H and O–H groups in total. The summed E-state index contributed by atoms with van der Waals surface area (Å²) in [6.07, 6.45) is 4.06. The second kappa shape index (κ2) is 8.87. The van der Waals surface area contributed by atoms with Crippen molar-refractivity contribution in [2.45, 2.75) is 31.7 Å². The van der Waals surface area contributed by atoms with Gasteiger partial charge in [-0.1, -0.05) is 11.6 Å². The van der Waals surface area contributed by atoms with Crippen LogP contribution < -0.4 is 4.74 Å². The van der Waals surface area contributed by atoms with Gasteiger partial charge in [0.2, 0.25) is 0 Å². The number of ether oxygens (including phenoxy) is 1. The number of carbonyl (C=O) groups excluding carboxylic acids is 2. The first kappa shape index (κ1) is 19.8. The summed E-state index contributed by atoms with van der Waals surface area (Å²) in [5, 5.41) is 0.620. The molecule has 2 amide bonds. The van der Waals surface area contributed by atoms with E-state index in [4.69, 9.17) is 16.3 Å². The topological polar surface area (TPSA) is 49.9 Å². The molecule has 0 radical (unpaired) electrons. The Morgan fingerprint density at radius 3 is 2.17 bits per heavy atom. The average molecular weight is 413 g/mol. The zero-order chi connectivity index (χ0) is 20.2. The van der Waals surface area contributed by atoms with E-state index in [2.05, 4.69) is 0 Å². The van der Waals surface area contributed by atoms with Gasteiger partial charge in [0.15, 0.2) is 0 Å². The van der Waals surface area contributed by atoms with Gasteiger partial charge in [0, 0.05) is 35.8 Å². The molecule has 0 bridgehead atoms. The molecule has 152 valence electrons. The van der Waals surface area contributed by atoms with Gasteiger partial charge < -0.3 is 14.5 Å². The summed E-state index contributed by atoms with van der Waals surface area (Å²) in [5.41, 5.74) is 1.34. The molecule has 2 saturated heterocycles. The minimum Gasteiger partial charge on any atom is -0.491 e. The second-order valence-electron chi connectivity index (χ2n) is 7.64. The third-order valence-electron chi connectivity index (χ3n) is 5.67. The lowest BCUT2D eigenvalue weighted by molar-refractivity contribution is 0.0690. The number of halogens is 1. The van der Waals surface area contributed by atoms with E-state index < -0.39 is 0 Å². The largest absolute Gasteiger partial charge is 0.491 e. The van der Waals surface area contributed by atoms with Crippen LogP contribution in [0.4, 0.5) is 0 Å². The van der Waals surface area contributed by atoms with Crippen LogP contribution >= 0.6 is 11.6 Å². The van der Waals surface area contributed by atoms with Crippen LogP contribution in [0.2, 0.25) is 5.02 Å². The van der Waals surface area contributed by atoms with Crippen LogP contribution in [0, 0.1) is 0 Å². The molecule has 0 spiro atoms. The number of likely N-dealkylation sites (tertiary alicyclic amines) is 2. The Balaban J connectivity index is 1.34. The first-order valence-electron chi connectivity index (χ1n) is 10.2. The molecule has 1 atom stereocenters. The van der Waals surface area contributed by atoms with E-state index in [0.717, 1.165) is 45.3 Å². The van der Waals surface area contributed by atoms with Gasteiger partial charge in [0.1, 0.15) is 12.4 Å². The van der Waals surface area contributed by atoms with Gasteiger partial charge in [-0.2, -0.15) is 0 Å². The minimum atomic E-state index is 0.0133. The number of hydrogen-bond donors (Lipinski definition) is 0. The SMILES string of the molecule is O=C(c1ccc(OCC2CCCN2C(=O)c2ccc(Cl)cc2)cc1)N1CCCC1. The number of rotatable bonds is 5. The summed E-state index contributed by atoms with van der Waals surface area (Å²) < 4.78 is 5.95. The summed E-state index contributed by atoms with van der Waals surface area (Å²) in [5.74, 6) is 0.817. The maximum Gasteiger partial charge on any atom is 0.254 e. The highest BCUT2D eigenvalue weighted by atomic mass is 35.5. The van der Waals surface area contributed by atoms with Crippen molar-refractivity contribution in [3.8, 4) is 5.75 Å². The van der Waals surface area contributed by atoms with Crippen LogP contribution in [0.5, 0.6) is 5.75 Å². The summed E-state index contributed by atoms with van der Waals surface area (Å²) >= 11 is 5.92. The molecule has 4 rings (SSSR count). The lowest BCUT2D eigenvalue weighted by atomic mass is 10.1. The molecule has 6 heteroatoms. The van der Waals surface area contributed by atoms with Crippen LogP contribution in [0.1, 0.15) is 46.4 Å². The van der Waals surface area contributed by atoms with Gasteiger partial charge in [-0.15, -0.1) is 0 Å². The van der Waals surface area contributed by atoms with Crippen LogP contribution in [-0.2, 0) is 0 Å². The monoisotopic (exact) mass is 412 g/mol. The zero-order valence-electron chi connectivity index (χ0n) is 16.4. The summed E-state index contributed by atoms with van der Waals surface area (Å²) in [6, 6.07) is 14.4. The van der Waals surface area contributed by atoms with Gasteiger partial charge in [-0.25, -0.2) is 0 Å². The third-order valence-corrected chi connectivity index (χ3v) is 5.92. The molecule has 2 aromatic carbocycles. The van der Waals surface area contributed by atoms with E-state index in [1.54, 1.807) is 24.3 Å². The lowest BCUT2D eigenvalue weighted by Crippen LogP contribution is -2.39. The van der Waals surface area contributed by atoms with Crippen LogP contribution in [0.3, 0.4) is 0 Å². The van der Waals surface area contributed by atoms with Gasteiger partial charge in [-0.05, 0) is 74.2 Å². The molecule has 2 aliphatic rings.